The van der Waals surface area contributed by atoms with Gasteiger partial charge in [-0.15, -0.1) is 0 Å². The van der Waals surface area contributed by atoms with E-state index in [1.165, 1.54) is 0 Å². The first kappa shape index (κ1) is 19.7. The van der Waals surface area contributed by atoms with Crippen LogP contribution < -0.4 is 0 Å². The Bertz CT molecular complexity index is 383. The summed E-state index contributed by atoms with van der Waals surface area (Å²) in [4.78, 5) is 24.5. The molecule has 0 radical (unpaired) electrons. The molecule has 4 heteroatoms. The zero-order valence-electron chi connectivity index (χ0n) is 14.6. The van der Waals surface area contributed by atoms with Crippen molar-refractivity contribution in [3.8, 4) is 0 Å². The maximum atomic E-state index is 12.3. The van der Waals surface area contributed by atoms with Crippen LogP contribution in [0.4, 0.5) is 0 Å². The van der Waals surface area contributed by atoms with Crippen LogP contribution in [0, 0.1) is 11.8 Å². The summed E-state index contributed by atoms with van der Waals surface area (Å²) in [6.07, 6.45) is 4.19. The lowest BCUT2D eigenvalue weighted by molar-refractivity contribution is -0.172. The summed E-state index contributed by atoms with van der Waals surface area (Å²) in [6.45, 7) is 14.5. The lowest BCUT2D eigenvalue weighted by Crippen LogP contribution is -2.37. The summed E-state index contributed by atoms with van der Waals surface area (Å²) in [5.41, 5.74) is -1.14. The molecule has 0 heterocycles. The fourth-order valence-corrected chi connectivity index (χ4v) is 1.72. The molecule has 4 nitrogen and oxygen atoms in total. The van der Waals surface area contributed by atoms with E-state index in [1.807, 2.05) is 60.6 Å². The smallest absolute Gasteiger partial charge is 0.310 e. The fraction of sp³-hybridized carbons (Fsp3) is 0.765. The lowest BCUT2D eigenvalue weighted by atomic mass is 9.90. The molecule has 0 amide bonds. The summed E-state index contributed by atoms with van der Waals surface area (Å²) in [6, 6.07) is 0. The lowest BCUT2D eigenvalue weighted by Gasteiger charge is -2.28. The van der Waals surface area contributed by atoms with Crippen LogP contribution in [0.5, 0.6) is 0 Å². The molecule has 2 unspecified atom stereocenters. The van der Waals surface area contributed by atoms with Gasteiger partial charge in [-0.25, -0.2) is 0 Å². The zero-order chi connectivity index (χ0) is 16.8. The SMILES string of the molecule is CC=CCC(C(=O)OC(C)(C)C)C(C)C(=O)OC(C)(C)C. The van der Waals surface area contributed by atoms with Gasteiger partial charge in [0, 0.05) is 0 Å². The largest absolute Gasteiger partial charge is 0.460 e. The number of esters is 2. The highest BCUT2D eigenvalue weighted by Crippen LogP contribution is 2.24. The van der Waals surface area contributed by atoms with Crippen molar-refractivity contribution in [3.05, 3.63) is 12.2 Å². The Morgan fingerprint density at radius 3 is 1.76 bits per heavy atom. The third-order valence-electron chi connectivity index (χ3n) is 2.72. The van der Waals surface area contributed by atoms with Crippen LogP contribution in [0.25, 0.3) is 0 Å². The van der Waals surface area contributed by atoms with Crippen molar-refractivity contribution in [2.45, 2.75) is 73.0 Å². The van der Waals surface area contributed by atoms with Gasteiger partial charge in [-0.05, 0) is 54.9 Å². The Kier molecular flexibility index (Phi) is 7.14. The van der Waals surface area contributed by atoms with Gasteiger partial charge in [0.1, 0.15) is 11.2 Å². The molecule has 0 aliphatic carbocycles. The monoisotopic (exact) mass is 298 g/mol. The highest BCUT2D eigenvalue weighted by molar-refractivity contribution is 5.82. The standard InChI is InChI=1S/C17H30O4/c1-9-10-11-13(15(19)21-17(6,7)8)12(2)14(18)20-16(3,4)5/h9-10,12-13H,11H2,1-8H3. The molecule has 0 spiro atoms. The van der Waals surface area contributed by atoms with Crippen molar-refractivity contribution in [3.63, 3.8) is 0 Å². The Balaban J connectivity index is 5.05. The summed E-state index contributed by atoms with van der Waals surface area (Å²) in [5.74, 6) is -1.81. The zero-order valence-corrected chi connectivity index (χ0v) is 14.6. The highest BCUT2D eigenvalue weighted by atomic mass is 16.6. The molecule has 0 rings (SSSR count). The topological polar surface area (TPSA) is 52.6 Å². The molecule has 122 valence electrons. The van der Waals surface area contributed by atoms with Gasteiger partial charge in [0.2, 0.25) is 0 Å². The molecule has 0 saturated heterocycles. The Hall–Kier alpha value is -1.32. The molecular weight excluding hydrogens is 268 g/mol. The molecule has 0 aromatic carbocycles. The number of ether oxygens (including phenoxy) is 2. The molecule has 21 heavy (non-hydrogen) atoms. The Labute approximate surface area is 128 Å². The minimum atomic E-state index is -0.571. The van der Waals surface area contributed by atoms with Crippen molar-refractivity contribution in [2.24, 2.45) is 11.8 Å². The van der Waals surface area contributed by atoms with E-state index in [1.54, 1.807) is 6.92 Å². The van der Waals surface area contributed by atoms with E-state index in [-0.39, 0.29) is 11.9 Å². The molecule has 0 aromatic rings. The van der Waals surface area contributed by atoms with Gasteiger partial charge in [0.25, 0.3) is 0 Å². The summed E-state index contributed by atoms with van der Waals surface area (Å²) >= 11 is 0. The third-order valence-corrected chi connectivity index (χ3v) is 2.72. The van der Waals surface area contributed by atoms with Gasteiger partial charge in [0.15, 0.2) is 0 Å². The summed E-state index contributed by atoms with van der Waals surface area (Å²) in [7, 11) is 0. The molecule has 0 aromatic heterocycles. The third kappa shape index (κ3) is 8.53. The summed E-state index contributed by atoms with van der Waals surface area (Å²) < 4.78 is 10.8. The molecule has 0 aliphatic heterocycles. The number of hydrogen-bond acceptors (Lipinski definition) is 4. The predicted octanol–water partition coefficient (Wildman–Crippen LogP) is 3.89. The van der Waals surface area contributed by atoms with Crippen LogP contribution in [-0.2, 0) is 19.1 Å². The quantitative estimate of drug-likeness (QED) is 0.571. The molecule has 0 saturated carbocycles. The molecule has 0 N–H and O–H groups in total. The van der Waals surface area contributed by atoms with E-state index in [4.69, 9.17) is 9.47 Å². The van der Waals surface area contributed by atoms with Gasteiger partial charge in [-0.3, -0.25) is 9.59 Å². The van der Waals surface area contributed by atoms with E-state index in [9.17, 15) is 9.59 Å². The van der Waals surface area contributed by atoms with Crippen molar-refractivity contribution in [1.29, 1.82) is 0 Å². The number of carbonyl (C=O) groups excluding carboxylic acids is 2. The van der Waals surface area contributed by atoms with E-state index in [0.717, 1.165) is 0 Å². The second-order valence-corrected chi connectivity index (χ2v) is 7.27. The van der Waals surface area contributed by atoms with Crippen LogP contribution in [-0.4, -0.2) is 23.1 Å². The summed E-state index contributed by atoms with van der Waals surface area (Å²) in [5, 5.41) is 0. The average Bonchev–Trinajstić information content (AvgIpc) is 2.24. The van der Waals surface area contributed by atoms with E-state index in [0.29, 0.717) is 6.42 Å². The van der Waals surface area contributed by atoms with Crippen LogP contribution in [0.2, 0.25) is 0 Å². The van der Waals surface area contributed by atoms with Crippen LogP contribution in [0.1, 0.15) is 61.8 Å². The van der Waals surface area contributed by atoms with Crippen molar-refractivity contribution in [2.75, 3.05) is 0 Å². The second-order valence-electron chi connectivity index (χ2n) is 7.27. The molecule has 2 atom stereocenters. The minimum absolute atomic E-state index is 0.362. The van der Waals surface area contributed by atoms with Crippen LogP contribution in [0.15, 0.2) is 12.2 Å². The first-order valence-electron chi connectivity index (χ1n) is 7.44. The van der Waals surface area contributed by atoms with Crippen molar-refractivity contribution >= 4 is 11.9 Å². The second kappa shape index (κ2) is 7.62. The van der Waals surface area contributed by atoms with Crippen LogP contribution >= 0.6 is 0 Å². The first-order chi connectivity index (χ1) is 9.37. The molecule has 0 bridgehead atoms. The fourth-order valence-electron chi connectivity index (χ4n) is 1.72. The molecule has 0 aliphatic rings. The number of carbonyl (C=O) groups is 2. The van der Waals surface area contributed by atoms with Gasteiger partial charge in [-0.2, -0.15) is 0 Å². The van der Waals surface area contributed by atoms with E-state index >= 15 is 0 Å². The normalized spacial score (nSPS) is 15.6. The maximum Gasteiger partial charge on any atom is 0.310 e. The van der Waals surface area contributed by atoms with Crippen molar-refractivity contribution < 1.29 is 19.1 Å². The number of hydrogen-bond donors (Lipinski definition) is 0. The Morgan fingerprint density at radius 2 is 1.38 bits per heavy atom. The Morgan fingerprint density at radius 1 is 0.952 bits per heavy atom. The van der Waals surface area contributed by atoms with Crippen LogP contribution in [0.3, 0.4) is 0 Å². The average molecular weight is 298 g/mol. The first-order valence-corrected chi connectivity index (χ1v) is 7.44. The maximum absolute atomic E-state index is 12.3. The van der Waals surface area contributed by atoms with Gasteiger partial charge in [-0.1, -0.05) is 19.1 Å². The minimum Gasteiger partial charge on any atom is -0.460 e. The van der Waals surface area contributed by atoms with Gasteiger partial charge in [0.05, 0.1) is 11.8 Å². The number of rotatable bonds is 5. The van der Waals surface area contributed by atoms with Gasteiger partial charge >= 0.3 is 11.9 Å². The van der Waals surface area contributed by atoms with Gasteiger partial charge < -0.3 is 9.47 Å². The predicted molar refractivity (Wildman–Crippen MR) is 83.8 cm³/mol. The molecular formula is C17H30O4. The van der Waals surface area contributed by atoms with E-state index < -0.39 is 23.0 Å². The number of allylic oxidation sites excluding steroid dienone is 2. The van der Waals surface area contributed by atoms with Crippen molar-refractivity contribution in [1.82, 2.24) is 0 Å². The molecule has 0 fully saturated rings. The van der Waals surface area contributed by atoms with E-state index in [2.05, 4.69) is 0 Å². The highest BCUT2D eigenvalue weighted by Gasteiger charge is 2.35.